The molecule has 29 heavy (non-hydrogen) atoms. The van der Waals surface area contributed by atoms with Crippen molar-refractivity contribution in [2.24, 2.45) is 0 Å². The summed E-state index contributed by atoms with van der Waals surface area (Å²) in [4.78, 5) is 14.0. The Labute approximate surface area is 172 Å². The van der Waals surface area contributed by atoms with Crippen molar-refractivity contribution in [1.29, 1.82) is 0 Å². The van der Waals surface area contributed by atoms with Gasteiger partial charge in [0, 0.05) is 25.8 Å². The molecule has 0 bridgehead atoms. The second-order valence-corrected chi connectivity index (χ2v) is 7.61. The minimum atomic E-state index is -0.220. The van der Waals surface area contributed by atoms with E-state index in [0.717, 1.165) is 29.6 Å². The number of rotatable bonds is 4. The Morgan fingerprint density at radius 2 is 2.00 bits per heavy atom. The van der Waals surface area contributed by atoms with Crippen molar-refractivity contribution in [3.8, 4) is 0 Å². The number of nitrogens with zero attached hydrogens (tertiary/aromatic N) is 3. The van der Waals surface area contributed by atoms with Crippen LogP contribution in [-0.4, -0.2) is 26.4 Å². The lowest BCUT2D eigenvalue weighted by molar-refractivity contribution is 0.228. The number of benzene rings is 2. The van der Waals surface area contributed by atoms with Crippen LogP contribution < -0.4 is 5.32 Å². The largest absolute Gasteiger partial charge is 0.361 e. The van der Waals surface area contributed by atoms with E-state index in [4.69, 9.17) is 11.6 Å². The molecule has 1 unspecified atom stereocenters. The number of anilines is 1. The van der Waals surface area contributed by atoms with Crippen LogP contribution in [0.4, 0.5) is 10.2 Å². The lowest BCUT2D eigenvalue weighted by Gasteiger charge is -2.35. The smallest absolute Gasteiger partial charge is 0.226 e. The first-order valence-corrected chi connectivity index (χ1v) is 9.85. The van der Waals surface area contributed by atoms with Crippen molar-refractivity contribution >= 4 is 28.5 Å². The zero-order valence-corrected chi connectivity index (χ0v) is 16.3. The molecular weight excluding hydrogens is 389 g/mol. The summed E-state index contributed by atoms with van der Waals surface area (Å²) in [7, 11) is 0. The van der Waals surface area contributed by atoms with E-state index in [2.05, 4.69) is 37.3 Å². The van der Waals surface area contributed by atoms with Crippen LogP contribution in [0.1, 0.15) is 22.7 Å². The number of hydrogen-bond acceptors (Lipinski definition) is 4. The molecular formula is C22H19ClFN5. The Kier molecular flexibility index (Phi) is 4.66. The van der Waals surface area contributed by atoms with Crippen LogP contribution in [0.2, 0.25) is 5.28 Å². The van der Waals surface area contributed by atoms with Gasteiger partial charge in [-0.25, -0.2) is 9.37 Å². The number of aromatic nitrogens is 3. The van der Waals surface area contributed by atoms with Gasteiger partial charge < -0.3 is 10.3 Å². The molecule has 0 fully saturated rings. The number of halogens is 2. The molecule has 3 heterocycles. The average molecular weight is 408 g/mol. The van der Waals surface area contributed by atoms with Gasteiger partial charge >= 0.3 is 0 Å². The summed E-state index contributed by atoms with van der Waals surface area (Å²) >= 11 is 6.11. The second kappa shape index (κ2) is 7.46. The van der Waals surface area contributed by atoms with Gasteiger partial charge in [0.05, 0.1) is 11.4 Å². The Bertz CT molecular complexity index is 1160. The number of hydrogen-bond donors (Lipinski definition) is 2. The molecule has 146 valence electrons. The van der Waals surface area contributed by atoms with Crippen LogP contribution in [0.3, 0.4) is 0 Å². The minimum Gasteiger partial charge on any atom is -0.361 e. The molecule has 5 nitrogen and oxygen atoms in total. The van der Waals surface area contributed by atoms with E-state index in [1.807, 2.05) is 36.5 Å². The number of aromatic amines is 1. The van der Waals surface area contributed by atoms with Crippen LogP contribution in [0.25, 0.3) is 11.0 Å². The quantitative estimate of drug-likeness (QED) is 0.471. The summed E-state index contributed by atoms with van der Waals surface area (Å²) < 4.78 is 13.9. The highest BCUT2D eigenvalue weighted by Crippen LogP contribution is 2.32. The van der Waals surface area contributed by atoms with Gasteiger partial charge in [0.1, 0.15) is 17.3 Å². The topological polar surface area (TPSA) is 56.8 Å². The first kappa shape index (κ1) is 18.1. The van der Waals surface area contributed by atoms with Crippen molar-refractivity contribution in [3.05, 3.63) is 88.6 Å². The monoisotopic (exact) mass is 407 g/mol. The maximum Gasteiger partial charge on any atom is 0.226 e. The van der Waals surface area contributed by atoms with Crippen molar-refractivity contribution in [2.45, 2.75) is 19.1 Å². The van der Waals surface area contributed by atoms with Gasteiger partial charge in [-0.15, -0.1) is 0 Å². The van der Waals surface area contributed by atoms with E-state index < -0.39 is 0 Å². The van der Waals surface area contributed by atoms with Crippen molar-refractivity contribution in [3.63, 3.8) is 0 Å². The standard InChI is InChI=1S/C22H19ClFN5/c23-22-27-20-18(8-9-25-20)21(28-22)26-19-13-29(11-14-4-2-1-3-5-14)12-15-10-16(24)6-7-17(15)19/h1-10,19H,11-13H2,(H2,25,26,27,28). The molecule has 2 aromatic heterocycles. The summed E-state index contributed by atoms with van der Waals surface area (Å²) in [5, 5.41) is 4.58. The van der Waals surface area contributed by atoms with E-state index in [1.54, 1.807) is 6.07 Å². The first-order chi connectivity index (χ1) is 14.2. The van der Waals surface area contributed by atoms with Gasteiger partial charge in [-0.2, -0.15) is 4.98 Å². The van der Waals surface area contributed by atoms with E-state index >= 15 is 0 Å². The molecule has 0 saturated carbocycles. The highest BCUT2D eigenvalue weighted by atomic mass is 35.5. The van der Waals surface area contributed by atoms with Crippen molar-refractivity contribution in [2.75, 3.05) is 11.9 Å². The fraction of sp³-hybridized carbons (Fsp3) is 0.182. The highest BCUT2D eigenvalue weighted by Gasteiger charge is 2.27. The number of H-pyrrole nitrogens is 1. The SMILES string of the molecule is Fc1ccc2c(c1)CN(Cc1ccccc1)CC2Nc1nc(Cl)nc2[nH]ccc12. The zero-order chi connectivity index (χ0) is 19.8. The van der Waals surface area contributed by atoms with Gasteiger partial charge in [-0.3, -0.25) is 4.90 Å². The van der Waals surface area contributed by atoms with Crippen LogP contribution in [0.15, 0.2) is 60.8 Å². The van der Waals surface area contributed by atoms with Crippen molar-refractivity contribution < 1.29 is 4.39 Å². The molecule has 2 aromatic carbocycles. The van der Waals surface area contributed by atoms with E-state index in [9.17, 15) is 4.39 Å². The van der Waals surface area contributed by atoms with Gasteiger partial charge in [0.15, 0.2) is 0 Å². The summed E-state index contributed by atoms with van der Waals surface area (Å²) in [5.41, 5.74) is 3.97. The minimum absolute atomic E-state index is 0.0490. The van der Waals surface area contributed by atoms with Gasteiger partial charge in [0.2, 0.25) is 5.28 Å². The Morgan fingerprint density at radius 1 is 1.14 bits per heavy atom. The van der Waals surface area contributed by atoms with E-state index in [-0.39, 0.29) is 17.1 Å². The predicted octanol–water partition coefficient (Wildman–Crippen LogP) is 4.92. The third kappa shape index (κ3) is 3.69. The molecule has 4 aromatic rings. The van der Waals surface area contributed by atoms with Crippen LogP contribution in [0, 0.1) is 5.82 Å². The summed E-state index contributed by atoms with van der Waals surface area (Å²) in [6.07, 6.45) is 1.81. The predicted molar refractivity (Wildman–Crippen MR) is 112 cm³/mol. The lowest BCUT2D eigenvalue weighted by Crippen LogP contribution is -2.36. The normalized spacial score (nSPS) is 16.7. The molecule has 1 aliphatic heterocycles. The second-order valence-electron chi connectivity index (χ2n) is 7.28. The summed E-state index contributed by atoms with van der Waals surface area (Å²) in [6, 6.07) is 17.2. The van der Waals surface area contributed by atoms with Gasteiger partial charge in [-0.1, -0.05) is 36.4 Å². The molecule has 0 aliphatic carbocycles. The van der Waals surface area contributed by atoms with Crippen LogP contribution in [0.5, 0.6) is 0 Å². The third-order valence-electron chi connectivity index (χ3n) is 5.26. The van der Waals surface area contributed by atoms with Crippen molar-refractivity contribution in [1.82, 2.24) is 19.9 Å². The highest BCUT2D eigenvalue weighted by molar-refractivity contribution is 6.28. The van der Waals surface area contributed by atoms with Gasteiger partial charge in [0.25, 0.3) is 0 Å². The summed E-state index contributed by atoms with van der Waals surface area (Å²) in [5.74, 6) is 0.449. The molecule has 0 radical (unpaired) electrons. The number of nitrogens with one attached hydrogen (secondary N) is 2. The first-order valence-electron chi connectivity index (χ1n) is 9.47. The van der Waals surface area contributed by atoms with Crippen LogP contribution in [-0.2, 0) is 13.1 Å². The fourth-order valence-corrected chi connectivity index (χ4v) is 4.16. The van der Waals surface area contributed by atoms with Crippen LogP contribution >= 0.6 is 11.6 Å². The van der Waals surface area contributed by atoms with E-state index in [1.165, 1.54) is 11.6 Å². The molecule has 7 heteroatoms. The third-order valence-corrected chi connectivity index (χ3v) is 5.43. The molecule has 5 rings (SSSR count). The fourth-order valence-electron chi connectivity index (χ4n) is 3.99. The molecule has 2 N–H and O–H groups in total. The maximum absolute atomic E-state index is 13.9. The molecule has 1 atom stereocenters. The molecule has 1 aliphatic rings. The summed E-state index contributed by atoms with van der Waals surface area (Å²) in [6.45, 7) is 2.25. The Hall–Kier alpha value is -2.96. The molecule has 0 saturated heterocycles. The lowest BCUT2D eigenvalue weighted by atomic mass is 9.94. The maximum atomic E-state index is 13.9. The average Bonchev–Trinajstić information content (AvgIpc) is 3.17. The molecule has 0 amide bonds. The Balaban J connectivity index is 1.49. The molecule has 0 spiro atoms. The zero-order valence-electron chi connectivity index (χ0n) is 15.6. The van der Waals surface area contributed by atoms with Gasteiger partial charge in [-0.05, 0) is 46.5 Å². The Morgan fingerprint density at radius 3 is 2.86 bits per heavy atom. The van der Waals surface area contributed by atoms with E-state index in [0.29, 0.717) is 18.0 Å². The number of fused-ring (bicyclic) bond motifs is 2.